The monoisotopic (exact) mass is 486 g/mol. The van der Waals surface area contributed by atoms with Crippen molar-refractivity contribution in [2.45, 2.75) is 58.8 Å². The molecule has 0 saturated heterocycles. The van der Waals surface area contributed by atoms with Crippen molar-refractivity contribution < 1.29 is 19.4 Å². The number of aliphatic carboxylic acids is 1. The van der Waals surface area contributed by atoms with Gasteiger partial charge in [0, 0.05) is 0 Å². The molecule has 0 aromatic heterocycles. The summed E-state index contributed by atoms with van der Waals surface area (Å²) >= 11 is 0. The molecule has 0 spiro atoms. The number of ether oxygens (including phenoxy) is 1. The van der Waals surface area contributed by atoms with Crippen LogP contribution < -0.4 is 5.11 Å². The van der Waals surface area contributed by atoms with Gasteiger partial charge in [0.15, 0.2) is 20.7 Å². The molecule has 4 saturated carbocycles. The average Bonchev–Trinajstić information content (AvgIpc) is 2.85. The number of esters is 1. The van der Waals surface area contributed by atoms with E-state index in [0.717, 1.165) is 19.3 Å². The SMILES string of the molecule is O=C([O-])C(=O)OC12CC3CC(CC(C3)C1)C2.c1ccc([S+](c2ccccc2)c2ccccc2)cc1. The van der Waals surface area contributed by atoms with Crippen molar-refractivity contribution in [1.29, 1.82) is 0 Å². The fraction of sp³-hybridized carbons (Fsp3) is 0.333. The van der Waals surface area contributed by atoms with Crippen LogP contribution in [0.2, 0.25) is 0 Å². The quantitative estimate of drug-likeness (QED) is 0.295. The van der Waals surface area contributed by atoms with Crippen molar-refractivity contribution in [2.24, 2.45) is 17.8 Å². The number of carboxylic acids is 1. The van der Waals surface area contributed by atoms with Gasteiger partial charge in [-0.25, -0.2) is 4.79 Å². The van der Waals surface area contributed by atoms with Crippen molar-refractivity contribution in [2.75, 3.05) is 0 Å². The first-order valence-corrected chi connectivity index (χ1v) is 13.6. The predicted molar refractivity (Wildman–Crippen MR) is 133 cm³/mol. The van der Waals surface area contributed by atoms with E-state index in [1.54, 1.807) is 0 Å². The number of benzene rings is 3. The van der Waals surface area contributed by atoms with Crippen LogP contribution >= 0.6 is 0 Å². The van der Waals surface area contributed by atoms with E-state index in [0.29, 0.717) is 17.8 Å². The van der Waals surface area contributed by atoms with E-state index in [1.165, 1.54) is 33.9 Å². The zero-order valence-corrected chi connectivity index (χ0v) is 20.5. The second kappa shape index (κ2) is 10.3. The van der Waals surface area contributed by atoms with E-state index in [2.05, 4.69) is 91.0 Å². The van der Waals surface area contributed by atoms with Crippen molar-refractivity contribution in [3.8, 4) is 0 Å². The molecule has 4 fully saturated rings. The molecular weight excluding hydrogens is 456 g/mol. The van der Waals surface area contributed by atoms with Crippen LogP contribution in [0.5, 0.6) is 0 Å². The van der Waals surface area contributed by atoms with Crippen molar-refractivity contribution in [1.82, 2.24) is 0 Å². The second-order valence-electron chi connectivity index (χ2n) is 10.0. The fourth-order valence-corrected chi connectivity index (χ4v) is 8.58. The number of rotatable bonds is 4. The molecule has 0 radical (unpaired) electrons. The molecule has 7 rings (SSSR count). The van der Waals surface area contributed by atoms with Crippen LogP contribution in [-0.4, -0.2) is 17.5 Å². The minimum absolute atomic E-state index is 0.0146. The average molecular weight is 487 g/mol. The Hall–Kier alpha value is -3.05. The highest BCUT2D eigenvalue weighted by atomic mass is 32.2. The van der Waals surface area contributed by atoms with Crippen LogP contribution in [0.3, 0.4) is 0 Å². The van der Waals surface area contributed by atoms with Crippen LogP contribution in [0.15, 0.2) is 106 Å². The third kappa shape index (κ3) is 5.46. The van der Waals surface area contributed by atoms with Crippen LogP contribution in [0.25, 0.3) is 0 Å². The Morgan fingerprint density at radius 1 is 0.657 bits per heavy atom. The Morgan fingerprint density at radius 2 is 1.00 bits per heavy atom. The molecule has 3 aromatic rings. The first kappa shape index (κ1) is 23.7. The Balaban J connectivity index is 0.000000147. The molecule has 4 nitrogen and oxygen atoms in total. The summed E-state index contributed by atoms with van der Waals surface area (Å²) < 4.78 is 5.21. The molecule has 4 bridgehead atoms. The van der Waals surface area contributed by atoms with Crippen molar-refractivity contribution in [3.05, 3.63) is 91.0 Å². The molecule has 180 valence electrons. The molecule has 0 amide bonds. The van der Waals surface area contributed by atoms with Crippen LogP contribution in [0.1, 0.15) is 38.5 Å². The first-order valence-electron chi connectivity index (χ1n) is 12.3. The maximum absolute atomic E-state index is 11.1. The maximum atomic E-state index is 11.1. The normalized spacial score (nSPS) is 26.0. The summed E-state index contributed by atoms with van der Waals surface area (Å²) in [7, 11) is -0.0146. The van der Waals surface area contributed by atoms with Gasteiger partial charge in [-0.3, -0.25) is 0 Å². The smallest absolute Gasteiger partial charge is 0.354 e. The number of carboxylic acid groups (broad SMARTS) is 1. The summed E-state index contributed by atoms with van der Waals surface area (Å²) in [5.74, 6) is -0.972. The first-order chi connectivity index (χ1) is 17.0. The van der Waals surface area contributed by atoms with E-state index in [-0.39, 0.29) is 10.9 Å². The predicted octanol–water partition coefficient (Wildman–Crippen LogP) is 5.03. The minimum Gasteiger partial charge on any atom is -0.539 e. The topological polar surface area (TPSA) is 66.4 Å². The van der Waals surface area contributed by atoms with Crippen molar-refractivity contribution in [3.63, 3.8) is 0 Å². The summed E-state index contributed by atoms with van der Waals surface area (Å²) in [5.41, 5.74) is -0.466. The molecule has 0 unspecified atom stereocenters. The Morgan fingerprint density at radius 3 is 1.31 bits per heavy atom. The summed E-state index contributed by atoms with van der Waals surface area (Å²) in [4.78, 5) is 25.7. The van der Waals surface area contributed by atoms with Gasteiger partial charge in [0.1, 0.15) is 5.60 Å². The van der Waals surface area contributed by atoms with Gasteiger partial charge in [-0.1, -0.05) is 54.6 Å². The highest BCUT2D eigenvalue weighted by molar-refractivity contribution is 7.97. The van der Waals surface area contributed by atoms with E-state index in [1.807, 2.05) is 0 Å². The number of hydrogen-bond donors (Lipinski definition) is 0. The van der Waals surface area contributed by atoms with Gasteiger partial charge in [-0.15, -0.1) is 0 Å². The van der Waals surface area contributed by atoms with Crippen LogP contribution in [0.4, 0.5) is 0 Å². The number of carbonyl (C=O) groups excluding carboxylic acids is 2. The molecule has 5 heteroatoms. The highest BCUT2D eigenvalue weighted by Crippen LogP contribution is 2.57. The molecule has 3 aromatic carbocycles. The van der Waals surface area contributed by atoms with Gasteiger partial charge in [-0.2, -0.15) is 0 Å². The van der Waals surface area contributed by atoms with E-state index in [4.69, 9.17) is 4.74 Å². The molecule has 35 heavy (non-hydrogen) atoms. The second-order valence-corrected chi connectivity index (χ2v) is 12.0. The van der Waals surface area contributed by atoms with E-state index in [9.17, 15) is 14.7 Å². The van der Waals surface area contributed by atoms with Gasteiger partial charge in [0.05, 0.1) is 10.9 Å². The largest absolute Gasteiger partial charge is 0.539 e. The summed E-state index contributed by atoms with van der Waals surface area (Å²) in [5, 5.41) is 10.4. The van der Waals surface area contributed by atoms with Gasteiger partial charge >= 0.3 is 5.97 Å². The lowest BCUT2D eigenvalue weighted by molar-refractivity contribution is -0.306. The number of hydrogen-bond acceptors (Lipinski definition) is 4. The standard InChI is InChI=1S/C18H15S.C12H16O4/c1-4-10-16(11-5-1)19(17-12-6-2-7-13-17)18-14-8-3-9-15-18;13-10(14)11(15)16-12-4-7-1-8(5-12)3-9(2-7)6-12/h1-15H;7-9H,1-6H2,(H,13,14)/q+1;/p-1. The van der Waals surface area contributed by atoms with Gasteiger partial charge < -0.3 is 14.6 Å². The molecule has 0 N–H and O–H groups in total. The maximum Gasteiger partial charge on any atom is 0.354 e. The minimum atomic E-state index is -1.71. The third-order valence-corrected chi connectivity index (χ3v) is 9.63. The van der Waals surface area contributed by atoms with E-state index >= 15 is 0 Å². The fourth-order valence-electron chi connectivity index (χ4n) is 6.47. The molecular formula is C30H30O4S. The molecule has 0 aliphatic heterocycles. The Labute approximate surface area is 209 Å². The molecule has 0 atom stereocenters. The Kier molecular flexibility index (Phi) is 6.96. The molecule has 4 aliphatic rings. The molecule has 4 aliphatic carbocycles. The zero-order chi connectivity index (χ0) is 24.3. The lowest BCUT2D eigenvalue weighted by Gasteiger charge is -2.55. The number of carbonyl (C=O) groups is 2. The zero-order valence-electron chi connectivity index (χ0n) is 19.7. The summed E-state index contributed by atoms with van der Waals surface area (Å²) in [6.45, 7) is 0. The summed E-state index contributed by atoms with van der Waals surface area (Å²) in [6.07, 6.45) is 6.29. The van der Waals surface area contributed by atoms with E-state index < -0.39 is 17.5 Å². The van der Waals surface area contributed by atoms with Gasteiger partial charge in [-0.05, 0) is 92.7 Å². The van der Waals surface area contributed by atoms with Gasteiger partial charge in [0.25, 0.3) is 0 Å². The van der Waals surface area contributed by atoms with Crippen LogP contribution in [0, 0.1) is 17.8 Å². The lowest BCUT2D eigenvalue weighted by atomic mass is 9.54. The molecule has 0 heterocycles. The Bertz CT molecular complexity index is 1020. The highest BCUT2D eigenvalue weighted by Gasteiger charge is 2.53. The summed E-state index contributed by atoms with van der Waals surface area (Å²) in [6, 6.07) is 32.2. The van der Waals surface area contributed by atoms with Gasteiger partial charge in [0.2, 0.25) is 0 Å². The third-order valence-electron chi connectivity index (χ3n) is 7.39. The lowest BCUT2D eigenvalue weighted by Crippen LogP contribution is -2.54. The van der Waals surface area contributed by atoms with Crippen LogP contribution in [-0.2, 0) is 25.2 Å². The van der Waals surface area contributed by atoms with Crippen molar-refractivity contribution >= 4 is 22.8 Å².